The monoisotopic (exact) mass is 316 g/mol. The van der Waals surface area contributed by atoms with Crippen LogP contribution in [0, 0.1) is 0 Å². The maximum atomic E-state index is 12.4. The Bertz CT molecular complexity index is 829. The summed E-state index contributed by atoms with van der Waals surface area (Å²) in [4.78, 5) is 4.47. The van der Waals surface area contributed by atoms with Crippen molar-refractivity contribution in [3.8, 4) is 10.6 Å². The van der Waals surface area contributed by atoms with Crippen LogP contribution in [0.25, 0.3) is 10.6 Å². The van der Waals surface area contributed by atoms with E-state index in [4.69, 9.17) is 0 Å². The van der Waals surface area contributed by atoms with Crippen LogP contribution in [0.3, 0.4) is 0 Å². The maximum absolute atomic E-state index is 12.4. The van der Waals surface area contributed by atoms with E-state index in [-0.39, 0.29) is 4.90 Å². The van der Waals surface area contributed by atoms with Crippen molar-refractivity contribution in [1.82, 2.24) is 4.98 Å². The van der Waals surface area contributed by atoms with Gasteiger partial charge in [-0.15, -0.1) is 11.3 Å². The number of benzene rings is 2. The fourth-order valence-electron chi connectivity index (χ4n) is 1.92. The first kappa shape index (κ1) is 13.8. The summed E-state index contributed by atoms with van der Waals surface area (Å²) in [5.41, 5.74) is 1.29. The van der Waals surface area contributed by atoms with Gasteiger partial charge in [0, 0.05) is 17.1 Å². The summed E-state index contributed by atoms with van der Waals surface area (Å²) in [5, 5.41) is 2.64. The highest BCUT2D eigenvalue weighted by Gasteiger charge is 2.16. The molecule has 2 aromatic carbocycles. The van der Waals surface area contributed by atoms with Gasteiger partial charge < -0.3 is 0 Å². The van der Waals surface area contributed by atoms with Crippen molar-refractivity contribution in [3.05, 3.63) is 66.2 Å². The van der Waals surface area contributed by atoms with Gasteiger partial charge in [0.05, 0.1) is 10.6 Å². The fourth-order valence-corrected chi connectivity index (χ4v) is 3.70. The number of nitrogens with one attached hydrogen (secondary N) is 1. The predicted octanol–water partition coefficient (Wildman–Crippen LogP) is 3.61. The summed E-state index contributed by atoms with van der Waals surface area (Å²) < 4.78 is 27.4. The lowest BCUT2D eigenvalue weighted by atomic mass is 10.2. The Balaban J connectivity index is 2.00. The molecule has 0 spiro atoms. The zero-order chi connectivity index (χ0) is 14.7. The minimum Gasteiger partial charge on any atom is -0.279 e. The third-order valence-corrected chi connectivity index (χ3v) is 5.08. The van der Waals surface area contributed by atoms with Crippen molar-refractivity contribution >= 4 is 27.0 Å². The summed E-state index contributed by atoms with van der Waals surface area (Å²) in [6, 6.07) is 15.5. The van der Waals surface area contributed by atoms with E-state index in [1.807, 2.05) is 17.5 Å². The molecule has 0 atom stereocenters. The van der Waals surface area contributed by atoms with E-state index < -0.39 is 10.0 Å². The molecule has 1 N–H and O–H groups in total. The molecule has 0 amide bonds. The number of thiazole rings is 1. The van der Waals surface area contributed by atoms with Crippen LogP contribution in [-0.2, 0) is 10.0 Å². The molecule has 0 aliphatic rings. The summed E-state index contributed by atoms with van der Waals surface area (Å²) in [7, 11) is -3.60. The van der Waals surface area contributed by atoms with Gasteiger partial charge in [-0.3, -0.25) is 4.72 Å². The first-order valence-corrected chi connectivity index (χ1v) is 8.60. The number of anilines is 1. The molecular weight excluding hydrogens is 304 g/mol. The number of sulfonamides is 1. The molecule has 106 valence electrons. The third-order valence-electron chi connectivity index (χ3n) is 2.89. The van der Waals surface area contributed by atoms with Crippen LogP contribution in [0.5, 0.6) is 0 Å². The summed E-state index contributed by atoms with van der Waals surface area (Å²) >= 11 is 1.47. The van der Waals surface area contributed by atoms with E-state index in [9.17, 15) is 8.42 Å². The predicted molar refractivity (Wildman–Crippen MR) is 84.8 cm³/mol. The van der Waals surface area contributed by atoms with Crippen LogP contribution >= 0.6 is 11.3 Å². The zero-order valence-corrected chi connectivity index (χ0v) is 12.6. The molecule has 3 rings (SSSR count). The molecule has 3 aromatic rings. The molecule has 0 aliphatic heterocycles. The Morgan fingerprint density at radius 1 is 0.952 bits per heavy atom. The number of aromatic nitrogens is 1. The highest BCUT2D eigenvalue weighted by Crippen LogP contribution is 2.30. The number of hydrogen-bond donors (Lipinski definition) is 1. The van der Waals surface area contributed by atoms with Crippen LogP contribution in [0.2, 0.25) is 0 Å². The van der Waals surface area contributed by atoms with Crippen LogP contribution in [0.4, 0.5) is 5.69 Å². The van der Waals surface area contributed by atoms with Crippen LogP contribution in [0.1, 0.15) is 0 Å². The Kier molecular flexibility index (Phi) is 3.72. The zero-order valence-electron chi connectivity index (χ0n) is 10.9. The van der Waals surface area contributed by atoms with Crippen LogP contribution < -0.4 is 4.72 Å². The number of hydrogen-bond acceptors (Lipinski definition) is 4. The molecule has 0 fully saturated rings. The molecule has 1 aromatic heterocycles. The van der Waals surface area contributed by atoms with Gasteiger partial charge in [-0.25, -0.2) is 13.4 Å². The van der Waals surface area contributed by atoms with Crippen LogP contribution in [-0.4, -0.2) is 13.4 Å². The van der Waals surface area contributed by atoms with Gasteiger partial charge in [-0.2, -0.15) is 0 Å². The van der Waals surface area contributed by atoms with Crippen molar-refractivity contribution < 1.29 is 8.42 Å². The SMILES string of the molecule is O=S(=O)(Nc1ccccc1-c1nccs1)c1ccccc1. The second-order valence-electron chi connectivity index (χ2n) is 4.30. The molecule has 0 saturated carbocycles. The van der Waals surface area contributed by atoms with E-state index in [2.05, 4.69) is 9.71 Å². The van der Waals surface area contributed by atoms with Gasteiger partial charge in [0.1, 0.15) is 5.01 Å². The molecule has 21 heavy (non-hydrogen) atoms. The lowest BCUT2D eigenvalue weighted by molar-refractivity contribution is 0.601. The molecule has 4 nitrogen and oxygen atoms in total. The topological polar surface area (TPSA) is 59.1 Å². The van der Waals surface area contributed by atoms with E-state index in [1.54, 1.807) is 48.7 Å². The van der Waals surface area contributed by atoms with Crippen molar-refractivity contribution in [2.24, 2.45) is 0 Å². The summed E-state index contributed by atoms with van der Waals surface area (Å²) in [6.07, 6.45) is 1.70. The summed E-state index contributed by atoms with van der Waals surface area (Å²) in [6.45, 7) is 0. The lowest BCUT2D eigenvalue weighted by Gasteiger charge is -2.11. The average Bonchev–Trinajstić information content (AvgIpc) is 3.02. The Labute approximate surface area is 127 Å². The molecule has 0 bridgehead atoms. The molecule has 0 radical (unpaired) electrons. The molecule has 6 heteroatoms. The van der Waals surface area contributed by atoms with E-state index in [0.717, 1.165) is 10.6 Å². The van der Waals surface area contributed by atoms with Gasteiger partial charge in [-0.05, 0) is 24.3 Å². The Morgan fingerprint density at radius 2 is 1.67 bits per heavy atom. The minimum absolute atomic E-state index is 0.235. The van der Waals surface area contributed by atoms with Crippen molar-refractivity contribution in [2.45, 2.75) is 4.90 Å². The lowest BCUT2D eigenvalue weighted by Crippen LogP contribution is -2.13. The largest absolute Gasteiger partial charge is 0.279 e. The van der Waals surface area contributed by atoms with Gasteiger partial charge in [-0.1, -0.05) is 30.3 Å². The highest BCUT2D eigenvalue weighted by molar-refractivity contribution is 7.92. The number of rotatable bonds is 4. The quantitative estimate of drug-likeness (QED) is 0.800. The minimum atomic E-state index is -3.60. The van der Waals surface area contributed by atoms with E-state index in [1.165, 1.54) is 11.3 Å². The normalized spacial score (nSPS) is 11.2. The first-order chi connectivity index (χ1) is 10.2. The maximum Gasteiger partial charge on any atom is 0.261 e. The second-order valence-corrected chi connectivity index (χ2v) is 6.88. The number of nitrogens with zero attached hydrogens (tertiary/aromatic N) is 1. The molecule has 0 saturated heterocycles. The molecule has 0 unspecified atom stereocenters. The van der Waals surface area contributed by atoms with Gasteiger partial charge in [0.2, 0.25) is 0 Å². The van der Waals surface area contributed by atoms with Crippen molar-refractivity contribution in [3.63, 3.8) is 0 Å². The summed E-state index contributed by atoms with van der Waals surface area (Å²) in [5.74, 6) is 0. The standard InChI is InChI=1S/C15H12N2O2S2/c18-21(19,12-6-2-1-3-7-12)17-14-9-5-4-8-13(14)15-16-10-11-20-15/h1-11,17H. The second kappa shape index (κ2) is 5.67. The van der Waals surface area contributed by atoms with Gasteiger partial charge in [0.15, 0.2) is 0 Å². The highest BCUT2D eigenvalue weighted by atomic mass is 32.2. The molecular formula is C15H12N2O2S2. The molecule has 0 aliphatic carbocycles. The van der Waals surface area contributed by atoms with Crippen LogP contribution in [0.15, 0.2) is 71.1 Å². The Hall–Kier alpha value is -2.18. The van der Waals surface area contributed by atoms with Crippen molar-refractivity contribution in [2.75, 3.05) is 4.72 Å². The van der Waals surface area contributed by atoms with Crippen molar-refractivity contribution in [1.29, 1.82) is 0 Å². The fraction of sp³-hybridized carbons (Fsp3) is 0. The van der Waals surface area contributed by atoms with E-state index >= 15 is 0 Å². The average molecular weight is 316 g/mol. The van der Waals surface area contributed by atoms with E-state index in [0.29, 0.717) is 5.69 Å². The number of para-hydroxylation sites is 1. The van der Waals surface area contributed by atoms with Gasteiger partial charge >= 0.3 is 0 Å². The first-order valence-electron chi connectivity index (χ1n) is 6.23. The molecule has 1 heterocycles. The van der Waals surface area contributed by atoms with Gasteiger partial charge in [0.25, 0.3) is 10.0 Å². The third kappa shape index (κ3) is 2.96. The Morgan fingerprint density at radius 3 is 2.38 bits per heavy atom. The smallest absolute Gasteiger partial charge is 0.261 e.